The molecule has 4 heteroatoms. The molecule has 0 aromatic heterocycles. The molecule has 0 aromatic rings. The Kier molecular flexibility index (Phi) is 7.13. The monoisotopic (exact) mass is 198 g/mol. The lowest BCUT2D eigenvalue weighted by atomic mass is 10.2. The number of carboxylic acid groups (broad SMARTS) is 2. The predicted molar refractivity (Wildman–Crippen MR) is 52.0 cm³/mol. The summed E-state index contributed by atoms with van der Waals surface area (Å²) in [6, 6.07) is 0. The number of hydrogen-bond acceptors (Lipinski definition) is 2. The van der Waals surface area contributed by atoms with Crippen molar-refractivity contribution in [2.24, 2.45) is 0 Å². The van der Waals surface area contributed by atoms with Gasteiger partial charge in [-0.15, -0.1) is 0 Å². The second-order valence-corrected chi connectivity index (χ2v) is 2.72. The molecule has 0 atom stereocenters. The molecule has 2 N–H and O–H groups in total. The van der Waals surface area contributed by atoms with Crippen molar-refractivity contribution in [1.29, 1.82) is 0 Å². The summed E-state index contributed by atoms with van der Waals surface area (Å²) in [6.07, 6.45) is 8.30. The molecule has 0 rings (SSSR count). The van der Waals surface area contributed by atoms with Gasteiger partial charge in [0.25, 0.3) is 0 Å². The van der Waals surface area contributed by atoms with Crippen molar-refractivity contribution in [3.63, 3.8) is 0 Å². The fraction of sp³-hybridized carbons (Fsp3) is 0.400. The van der Waals surface area contributed by atoms with E-state index in [0.29, 0.717) is 0 Å². The van der Waals surface area contributed by atoms with Crippen LogP contribution in [0, 0.1) is 0 Å². The van der Waals surface area contributed by atoms with Gasteiger partial charge in [-0.3, -0.25) is 9.59 Å². The summed E-state index contributed by atoms with van der Waals surface area (Å²) in [5, 5.41) is 16.6. The Hall–Kier alpha value is -1.58. The lowest BCUT2D eigenvalue weighted by molar-refractivity contribution is -0.137. The first kappa shape index (κ1) is 12.4. The summed E-state index contributed by atoms with van der Waals surface area (Å²) in [6.45, 7) is 0. The molecule has 0 amide bonds. The first-order chi connectivity index (χ1) is 6.63. The Labute approximate surface area is 82.6 Å². The van der Waals surface area contributed by atoms with Crippen molar-refractivity contribution < 1.29 is 19.8 Å². The van der Waals surface area contributed by atoms with Gasteiger partial charge in [-0.25, -0.2) is 0 Å². The minimum atomic E-state index is -0.845. The van der Waals surface area contributed by atoms with Gasteiger partial charge >= 0.3 is 11.9 Å². The van der Waals surface area contributed by atoms with E-state index >= 15 is 0 Å². The number of unbranched alkanes of at least 4 members (excludes halogenated alkanes) is 1. The minimum Gasteiger partial charge on any atom is -0.481 e. The maximum absolute atomic E-state index is 10.1. The van der Waals surface area contributed by atoms with Crippen molar-refractivity contribution >= 4 is 11.9 Å². The summed E-state index contributed by atoms with van der Waals surface area (Å²) in [5.74, 6) is -1.69. The van der Waals surface area contributed by atoms with Gasteiger partial charge in [-0.1, -0.05) is 24.3 Å². The molecule has 0 saturated heterocycles. The van der Waals surface area contributed by atoms with Gasteiger partial charge in [0.2, 0.25) is 0 Å². The van der Waals surface area contributed by atoms with Crippen LogP contribution in [0.2, 0.25) is 0 Å². The van der Waals surface area contributed by atoms with E-state index in [-0.39, 0.29) is 12.8 Å². The first-order valence-electron chi connectivity index (χ1n) is 4.36. The maximum atomic E-state index is 10.1. The van der Waals surface area contributed by atoms with E-state index < -0.39 is 11.9 Å². The fourth-order valence-corrected chi connectivity index (χ4v) is 0.796. The normalized spacial score (nSPS) is 11.1. The molecule has 0 spiro atoms. The van der Waals surface area contributed by atoms with Crippen LogP contribution in [0.15, 0.2) is 24.3 Å². The molecule has 0 aliphatic heterocycles. The number of allylic oxidation sites excluding steroid dienone is 2. The second kappa shape index (κ2) is 8.04. The van der Waals surface area contributed by atoms with E-state index in [2.05, 4.69) is 0 Å². The number of hydrogen-bond donors (Lipinski definition) is 2. The zero-order valence-corrected chi connectivity index (χ0v) is 7.85. The average Bonchev–Trinajstić information content (AvgIpc) is 2.08. The van der Waals surface area contributed by atoms with Crippen molar-refractivity contribution in [2.75, 3.05) is 0 Å². The molecule has 0 saturated carbocycles. The third-order valence-corrected chi connectivity index (χ3v) is 1.42. The molecule has 0 radical (unpaired) electrons. The molecule has 0 aliphatic carbocycles. The molecule has 0 unspecified atom stereocenters. The summed E-state index contributed by atoms with van der Waals surface area (Å²) in [4.78, 5) is 20.2. The lowest BCUT2D eigenvalue weighted by Crippen LogP contribution is -1.89. The van der Waals surface area contributed by atoms with E-state index in [0.717, 1.165) is 12.8 Å². The number of aliphatic carboxylic acids is 2. The van der Waals surface area contributed by atoms with Crippen molar-refractivity contribution in [2.45, 2.75) is 25.7 Å². The third kappa shape index (κ3) is 10.4. The van der Waals surface area contributed by atoms with Crippen molar-refractivity contribution in [3.05, 3.63) is 24.3 Å². The fourth-order valence-electron chi connectivity index (χ4n) is 0.796. The second-order valence-electron chi connectivity index (χ2n) is 2.72. The van der Waals surface area contributed by atoms with Gasteiger partial charge in [0, 0.05) is 0 Å². The van der Waals surface area contributed by atoms with E-state index in [1.807, 2.05) is 0 Å². The van der Waals surface area contributed by atoms with Crippen LogP contribution in [0.4, 0.5) is 0 Å². The molecule has 78 valence electrons. The molecule has 4 nitrogen and oxygen atoms in total. The standard InChI is InChI=1S/C10H14O4/c11-9(12)7-5-3-1-2-4-6-8-10(13)14/h3-6H,1-2,7-8H2,(H,11,12)(H,13,14). The Morgan fingerprint density at radius 2 is 1.14 bits per heavy atom. The third-order valence-electron chi connectivity index (χ3n) is 1.42. The molecule has 0 aliphatic rings. The molecular weight excluding hydrogens is 184 g/mol. The Morgan fingerprint density at radius 1 is 0.786 bits per heavy atom. The van der Waals surface area contributed by atoms with Crippen LogP contribution in [0.5, 0.6) is 0 Å². The van der Waals surface area contributed by atoms with E-state index in [9.17, 15) is 9.59 Å². The maximum Gasteiger partial charge on any atom is 0.307 e. The number of carbonyl (C=O) groups is 2. The molecule has 0 fully saturated rings. The van der Waals surface area contributed by atoms with Crippen LogP contribution >= 0.6 is 0 Å². The van der Waals surface area contributed by atoms with Gasteiger partial charge in [-0.2, -0.15) is 0 Å². The Bertz CT molecular complexity index is 215. The SMILES string of the molecule is O=C(O)CC=CCCC=CCC(=O)O. The van der Waals surface area contributed by atoms with Gasteiger partial charge in [0.15, 0.2) is 0 Å². The zero-order chi connectivity index (χ0) is 10.8. The van der Waals surface area contributed by atoms with Gasteiger partial charge in [0.1, 0.15) is 0 Å². The zero-order valence-electron chi connectivity index (χ0n) is 7.85. The quantitative estimate of drug-likeness (QED) is 0.483. The van der Waals surface area contributed by atoms with Gasteiger partial charge < -0.3 is 10.2 Å². The van der Waals surface area contributed by atoms with Crippen LogP contribution in [-0.4, -0.2) is 22.2 Å². The highest BCUT2D eigenvalue weighted by molar-refractivity contribution is 5.68. The molecule has 0 heterocycles. The van der Waals surface area contributed by atoms with Crippen molar-refractivity contribution in [3.8, 4) is 0 Å². The highest BCUT2D eigenvalue weighted by Gasteiger charge is 1.89. The van der Waals surface area contributed by atoms with Gasteiger partial charge in [-0.05, 0) is 12.8 Å². The van der Waals surface area contributed by atoms with Crippen LogP contribution < -0.4 is 0 Å². The summed E-state index contributed by atoms with van der Waals surface area (Å²) in [7, 11) is 0. The predicted octanol–water partition coefficient (Wildman–Crippen LogP) is 1.83. The number of rotatable bonds is 7. The van der Waals surface area contributed by atoms with Crippen LogP contribution in [0.1, 0.15) is 25.7 Å². The van der Waals surface area contributed by atoms with Crippen molar-refractivity contribution in [1.82, 2.24) is 0 Å². The number of carboxylic acids is 2. The van der Waals surface area contributed by atoms with E-state index in [1.54, 1.807) is 24.3 Å². The highest BCUT2D eigenvalue weighted by Crippen LogP contribution is 1.95. The molecule has 14 heavy (non-hydrogen) atoms. The topological polar surface area (TPSA) is 74.6 Å². The summed E-state index contributed by atoms with van der Waals surface area (Å²) >= 11 is 0. The largest absolute Gasteiger partial charge is 0.481 e. The first-order valence-corrected chi connectivity index (χ1v) is 4.36. The van der Waals surface area contributed by atoms with E-state index in [1.165, 1.54) is 0 Å². The minimum absolute atomic E-state index is 0.0405. The smallest absolute Gasteiger partial charge is 0.307 e. The Morgan fingerprint density at radius 3 is 1.43 bits per heavy atom. The van der Waals surface area contributed by atoms with Crippen LogP contribution in [0.3, 0.4) is 0 Å². The molecule has 0 bridgehead atoms. The van der Waals surface area contributed by atoms with E-state index in [4.69, 9.17) is 10.2 Å². The highest BCUT2D eigenvalue weighted by atomic mass is 16.4. The molecular formula is C10H14O4. The lowest BCUT2D eigenvalue weighted by Gasteiger charge is -1.87. The van der Waals surface area contributed by atoms with Crippen LogP contribution in [-0.2, 0) is 9.59 Å². The summed E-state index contributed by atoms with van der Waals surface area (Å²) in [5.41, 5.74) is 0. The summed E-state index contributed by atoms with van der Waals surface area (Å²) < 4.78 is 0. The average molecular weight is 198 g/mol. The molecule has 0 aromatic carbocycles. The Balaban J connectivity index is 3.37. The van der Waals surface area contributed by atoms with Crippen LogP contribution in [0.25, 0.3) is 0 Å². The van der Waals surface area contributed by atoms with Gasteiger partial charge in [0.05, 0.1) is 12.8 Å².